The Kier molecular flexibility index (Phi) is 8.53. The quantitative estimate of drug-likeness (QED) is 0.472. The number of aromatic nitrogens is 3. The largest absolute Gasteiger partial charge is 0.370 e. The lowest BCUT2D eigenvalue weighted by Crippen LogP contribution is -2.40. The molecule has 3 aromatic rings. The summed E-state index contributed by atoms with van der Waals surface area (Å²) in [7, 11) is -0.652. The number of carbonyl (C=O) groups is 1. The van der Waals surface area contributed by atoms with Crippen molar-refractivity contribution in [1.29, 1.82) is 5.26 Å². The lowest BCUT2D eigenvalue weighted by molar-refractivity contribution is -0.126. The van der Waals surface area contributed by atoms with Gasteiger partial charge in [0.15, 0.2) is 0 Å². The molecule has 204 valence electrons. The van der Waals surface area contributed by atoms with Crippen LogP contribution in [0.15, 0.2) is 42.9 Å². The number of nitrogen functional groups attached to an aromatic ring is 1. The molecule has 6 rings (SSSR count). The summed E-state index contributed by atoms with van der Waals surface area (Å²) in [5.41, 5.74) is 8.22. The molecule has 9 nitrogen and oxygen atoms in total. The van der Waals surface area contributed by atoms with Crippen LogP contribution in [0.5, 0.6) is 0 Å². The zero-order valence-corrected chi connectivity index (χ0v) is 23.5. The van der Waals surface area contributed by atoms with Crippen LogP contribution in [0, 0.1) is 17.2 Å². The van der Waals surface area contributed by atoms with E-state index in [4.69, 9.17) is 11.0 Å². The standard InChI is InChI=1S/C17H17N5OS2.C11H16N2O/c18-17-20-9-13(10-21-17)16-19-11-15(24-16)12-1-3-14(4-2-12)22-5-7-25(23)8-6-22;12-8-11(6-7-11)13-10(14)9-4-2-1-3-5-9/h1-4,9-11H,5-8H2,(H2,18,20,21);9H,1-7H2,(H,13,14). The number of hydrogen-bond acceptors (Lipinski definition) is 9. The molecule has 0 atom stereocenters. The molecule has 0 radical (unpaired) electrons. The Balaban J connectivity index is 0.000000186. The first kappa shape index (κ1) is 27.2. The highest BCUT2D eigenvalue weighted by Crippen LogP contribution is 2.36. The van der Waals surface area contributed by atoms with Crippen LogP contribution in [0.3, 0.4) is 0 Å². The van der Waals surface area contributed by atoms with Gasteiger partial charge in [-0.3, -0.25) is 9.00 Å². The molecule has 2 aliphatic carbocycles. The summed E-state index contributed by atoms with van der Waals surface area (Å²) in [6.45, 7) is 1.71. The number of hydrogen-bond donors (Lipinski definition) is 2. The fourth-order valence-electron chi connectivity index (χ4n) is 4.81. The van der Waals surface area contributed by atoms with Crippen LogP contribution in [0.1, 0.15) is 44.9 Å². The van der Waals surface area contributed by atoms with E-state index in [1.54, 1.807) is 23.7 Å². The maximum Gasteiger partial charge on any atom is 0.224 e. The number of anilines is 2. The molecule has 3 heterocycles. The van der Waals surface area contributed by atoms with Gasteiger partial charge in [-0.2, -0.15) is 5.26 Å². The highest BCUT2D eigenvalue weighted by molar-refractivity contribution is 7.85. The zero-order chi connectivity index (χ0) is 27.2. The SMILES string of the molecule is N#CC1(NC(=O)C2CCCCC2)CC1.Nc1ncc(-c2ncc(-c3ccc(N4CCS(=O)CC4)cc3)s2)cn1. The number of nitrogens with zero attached hydrogens (tertiary/aromatic N) is 5. The lowest BCUT2D eigenvalue weighted by Gasteiger charge is -2.28. The number of rotatable bonds is 5. The summed E-state index contributed by atoms with van der Waals surface area (Å²) < 4.78 is 11.5. The average molecular weight is 564 g/mol. The second-order valence-electron chi connectivity index (χ2n) is 10.3. The first-order valence-electron chi connectivity index (χ1n) is 13.4. The van der Waals surface area contributed by atoms with Crippen molar-refractivity contribution in [1.82, 2.24) is 20.3 Å². The second kappa shape index (κ2) is 12.2. The maximum absolute atomic E-state index is 11.8. The van der Waals surface area contributed by atoms with Crippen LogP contribution in [0.4, 0.5) is 11.6 Å². The Hall–Kier alpha value is -3.36. The molecular weight excluding hydrogens is 530 g/mol. The molecule has 2 saturated carbocycles. The topological polar surface area (TPSA) is 138 Å². The minimum Gasteiger partial charge on any atom is -0.370 e. The molecule has 0 spiro atoms. The normalized spacial score (nSPS) is 18.9. The smallest absolute Gasteiger partial charge is 0.224 e. The molecule has 1 amide bonds. The van der Waals surface area contributed by atoms with Crippen molar-refractivity contribution in [2.45, 2.75) is 50.5 Å². The molecule has 3 aliphatic rings. The summed E-state index contributed by atoms with van der Waals surface area (Å²) in [5.74, 6) is 2.06. The molecule has 2 aromatic heterocycles. The van der Waals surface area contributed by atoms with Crippen molar-refractivity contribution in [3.05, 3.63) is 42.9 Å². The molecule has 3 N–H and O–H groups in total. The number of benzene rings is 1. The number of thiazole rings is 1. The third kappa shape index (κ3) is 6.99. The van der Waals surface area contributed by atoms with Crippen molar-refractivity contribution in [3.8, 4) is 27.1 Å². The van der Waals surface area contributed by atoms with Gasteiger partial charge in [0.25, 0.3) is 0 Å². The molecule has 39 heavy (non-hydrogen) atoms. The van der Waals surface area contributed by atoms with E-state index < -0.39 is 16.3 Å². The Bertz CT molecular complexity index is 1330. The molecule has 0 unspecified atom stereocenters. The van der Waals surface area contributed by atoms with Gasteiger partial charge in [0.05, 0.1) is 10.9 Å². The summed E-state index contributed by atoms with van der Waals surface area (Å²) in [6, 6.07) is 10.6. The summed E-state index contributed by atoms with van der Waals surface area (Å²) >= 11 is 1.60. The van der Waals surface area contributed by atoms with Gasteiger partial charge in [0, 0.05) is 71.2 Å². The van der Waals surface area contributed by atoms with Gasteiger partial charge in [-0.05, 0) is 43.4 Å². The predicted octanol–water partition coefficient (Wildman–Crippen LogP) is 4.16. The summed E-state index contributed by atoms with van der Waals surface area (Å²) in [6.07, 6.45) is 12.5. The fraction of sp³-hybridized carbons (Fsp3) is 0.464. The van der Waals surface area contributed by atoms with Gasteiger partial charge in [0.1, 0.15) is 10.5 Å². The predicted molar refractivity (Wildman–Crippen MR) is 155 cm³/mol. The van der Waals surface area contributed by atoms with E-state index in [1.165, 1.54) is 12.1 Å². The molecule has 11 heteroatoms. The molecule has 3 fully saturated rings. The van der Waals surface area contributed by atoms with Gasteiger partial charge >= 0.3 is 0 Å². The van der Waals surface area contributed by atoms with E-state index in [0.29, 0.717) is 0 Å². The van der Waals surface area contributed by atoms with Crippen LogP contribution >= 0.6 is 11.3 Å². The second-order valence-corrected chi connectivity index (χ2v) is 13.0. The van der Waals surface area contributed by atoms with Gasteiger partial charge < -0.3 is 16.0 Å². The minimum atomic E-state index is -0.652. The van der Waals surface area contributed by atoms with Gasteiger partial charge in [-0.1, -0.05) is 31.4 Å². The number of nitriles is 1. The molecule has 1 saturated heterocycles. The van der Waals surface area contributed by atoms with Crippen molar-refractivity contribution >= 4 is 39.7 Å². The van der Waals surface area contributed by atoms with E-state index in [0.717, 1.165) is 84.1 Å². The van der Waals surface area contributed by atoms with E-state index in [1.807, 2.05) is 6.20 Å². The number of nitrogens with one attached hydrogen (secondary N) is 1. The summed E-state index contributed by atoms with van der Waals surface area (Å²) in [5, 5.41) is 12.6. The Morgan fingerprint density at radius 3 is 2.31 bits per heavy atom. The van der Waals surface area contributed by atoms with Crippen LogP contribution in [-0.2, 0) is 15.6 Å². The van der Waals surface area contributed by atoms with Crippen LogP contribution in [0.2, 0.25) is 0 Å². The lowest BCUT2D eigenvalue weighted by atomic mass is 9.88. The summed E-state index contributed by atoms with van der Waals surface area (Å²) in [4.78, 5) is 27.6. The molecule has 1 aromatic carbocycles. The van der Waals surface area contributed by atoms with E-state index in [9.17, 15) is 9.00 Å². The van der Waals surface area contributed by atoms with Crippen LogP contribution in [0.25, 0.3) is 21.0 Å². The van der Waals surface area contributed by atoms with Gasteiger partial charge in [-0.25, -0.2) is 15.0 Å². The Labute approximate surface area is 235 Å². The first-order valence-corrected chi connectivity index (χ1v) is 15.7. The first-order chi connectivity index (χ1) is 18.9. The maximum atomic E-state index is 11.8. The van der Waals surface area contributed by atoms with Crippen molar-refractivity contribution in [2.75, 3.05) is 35.2 Å². The Morgan fingerprint density at radius 2 is 1.69 bits per heavy atom. The minimum absolute atomic E-state index is 0.115. The molecule has 1 aliphatic heterocycles. The third-order valence-corrected chi connectivity index (χ3v) is 9.79. The number of carbonyl (C=O) groups excluding carboxylic acids is 1. The number of amides is 1. The van der Waals surface area contributed by atoms with Gasteiger partial charge in [-0.15, -0.1) is 11.3 Å². The van der Waals surface area contributed by atoms with Crippen LogP contribution < -0.4 is 16.0 Å². The van der Waals surface area contributed by atoms with E-state index in [2.05, 4.69) is 55.5 Å². The van der Waals surface area contributed by atoms with Crippen LogP contribution in [-0.4, -0.2) is 55.2 Å². The third-order valence-electron chi connectivity index (χ3n) is 7.42. The zero-order valence-electron chi connectivity index (χ0n) is 21.8. The molecule has 0 bridgehead atoms. The number of nitrogens with two attached hydrogens (primary N) is 1. The molecular formula is C28H33N7O2S2. The van der Waals surface area contributed by atoms with E-state index in [-0.39, 0.29) is 17.8 Å². The van der Waals surface area contributed by atoms with E-state index >= 15 is 0 Å². The van der Waals surface area contributed by atoms with Crippen molar-refractivity contribution < 1.29 is 9.00 Å². The monoisotopic (exact) mass is 563 g/mol. The Morgan fingerprint density at radius 1 is 1.03 bits per heavy atom. The van der Waals surface area contributed by atoms with Crippen molar-refractivity contribution in [2.24, 2.45) is 5.92 Å². The van der Waals surface area contributed by atoms with Gasteiger partial charge in [0.2, 0.25) is 11.9 Å². The van der Waals surface area contributed by atoms with Crippen molar-refractivity contribution in [3.63, 3.8) is 0 Å². The average Bonchev–Trinajstić information content (AvgIpc) is 3.58. The highest BCUT2D eigenvalue weighted by Gasteiger charge is 2.45. The highest BCUT2D eigenvalue weighted by atomic mass is 32.2. The fourth-order valence-corrected chi connectivity index (χ4v) is 6.76.